The molecule has 0 amide bonds. The number of hydrogen-bond acceptors (Lipinski definition) is 3. The van der Waals surface area contributed by atoms with Gasteiger partial charge in [0.1, 0.15) is 5.69 Å². The molecule has 0 bridgehead atoms. The third kappa shape index (κ3) is 3.06. The number of alkyl halides is 1. The van der Waals surface area contributed by atoms with Crippen molar-refractivity contribution >= 4 is 11.6 Å². The molecule has 0 saturated carbocycles. The molecule has 2 aromatic rings. The number of aromatic nitrogens is 5. The Labute approximate surface area is 105 Å². The Morgan fingerprint density at radius 3 is 2.88 bits per heavy atom. The SMILES string of the molecule is CCC(Cl)c1cn(CCc2cnn(C)c2)nn1. The first-order valence-electron chi connectivity index (χ1n) is 5.70. The van der Waals surface area contributed by atoms with E-state index in [1.54, 1.807) is 4.68 Å². The maximum absolute atomic E-state index is 6.10. The summed E-state index contributed by atoms with van der Waals surface area (Å²) < 4.78 is 3.63. The van der Waals surface area contributed by atoms with Crippen LogP contribution >= 0.6 is 11.6 Å². The second-order valence-corrected chi connectivity index (χ2v) is 4.58. The van der Waals surface area contributed by atoms with E-state index in [2.05, 4.69) is 15.4 Å². The maximum atomic E-state index is 6.10. The van der Waals surface area contributed by atoms with E-state index in [1.165, 1.54) is 5.56 Å². The summed E-state index contributed by atoms with van der Waals surface area (Å²) in [6, 6.07) is 0. The molecule has 0 aliphatic heterocycles. The van der Waals surface area contributed by atoms with Crippen molar-refractivity contribution in [3.05, 3.63) is 29.8 Å². The summed E-state index contributed by atoms with van der Waals surface area (Å²) in [5.41, 5.74) is 2.04. The van der Waals surface area contributed by atoms with Gasteiger partial charge in [0.05, 0.1) is 11.6 Å². The topological polar surface area (TPSA) is 48.5 Å². The zero-order valence-corrected chi connectivity index (χ0v) is 10.8. The van der Waals surface area contributed by atoms with Gasteiger partial charge in [0.15, 0.2) is 0 Å². The van der Waals surface area contributed by atoms with Gasteiger partial charge in [-0.1, -0.05) is 12.1 Å². The van der Waals surface area contributed by atoms with Crippen LogP contribution in [-0.2, 0) is 20.0 Å². The molecule has 0 fully saturated rings. The first-order chi connectivity index (χ1) is 8.19. The Bertz CT molecular complexity index is 476. The molecule has 0 saturated heterocycles. The summed E-state index contributed by atoms with van der Waals surface area (Å²) in [6.07, 6.45) is 7.55. The molecule has 0 aliphatic carbocycles. The molecule has 0 N–H and O–H groups in total. The molecule has 6 heteroatoms. The Morgan fingerprint density at radius 1 is 1.41 bits per heavy atom. The summed E-state index contributed by atoms with van der Waals surface area (Å²) in [6.45, 7) is 2.83. The van der Waals surface area contributed by atoms with Gasteiger partial charge >= 0.3 is 0 Å². The fourth-order valence-electron chi connectivity index (χ4n) is 1.62. The number of halogens is 1. The summed E-state index contributed by atoms with van der Waals surface area (Å²) in [5, 5.41) is 12.2. The first-order valence-corrected chi connectivity index (χ1v) is 6.14. The molecular weight excluding hydrogens is 238 g/mol. The summed E-state index contributed by atoms with van der Waals surface area (Å²) in [7, 11) is 1.91. The summed E-state index contributed by atoms with van der Waals surface area (Å²) in [5.74, 6) is 0. The normalized spacial score (nSPS) is 12.9. The summed E-state index contributed by atoms with van der Waals surface area (Å²) in [4.78, 5) is 0. The second-order valence-electron chi connectivity index (χ2n) is 4.05. The van der Waals surface area contributed by atoms with Crippen LogP contribution in [0.1, 0.15) is 30.0 Å². The number of rotatable bonds is 5. The number of nitrogens with zero attached hydrogens (tertiary/aromatic N) is 5. The molecule has 2 aromatic heterocycles. The highest BCUT2D eigenvalue weighted by Gasteiger charge is 2.09. The molecule has 92 valence electrons. The van der Waals surface area contributed by atoms with Gasteiger partial charge in [-0.3, -0.25) is 9.36 Å². The minimum Gasteiger partial charge on any atom is -0.276 e. The zero-order chi connectivity index (χ0) is 12.3. The van der Waals surface area contributed by atoms with E-state index < -0.39 is 0 Å². The highest BCUT2D eigenvalue weighted by atomic mass is 35.5. The van der Waals surface area contributed by atoms with E-state index >= 15 is 0 Å². The third-order valence-electron chi connectivity index (χ3n) is 2.62. The molecule has 0 aromatic carbocycles. The third-order valence-corrected chi connectivity index (χ3v) is 3.16. The van der Waals surface area contributed by atoms with E-state index in [1.807, 2.05) is 37.2 Å². The zero-order valence-electron chi connectivity index (χ0n) is 10.0. The minimum atomic E-state index is -0.0397. The van der Waals surface area contributed by atoms with Crippen molar-refractivity contribution in [1.29, 1.82) is 0 Å². The average molecular weight is 254 g/mol. The van der Waals surface area contributed by atoms with Crippen LogP contribution in [0.4, 0.5) is 0 Å². The number of aryl methyl sites for hydroxylation is 3. The van der Waals surface area contributed by atoms with E-state index in [9.17, 15) is 0 Å². The fourth-order valence-corrected chi connectivity index (χ4v) is 1.72. The van der Waals surface area contributed by atoms with Crippen LogP contribution in [0.25, 0.3) is 0 Å². The largest absolute Gasteiger partial charge is 0.276 e. The van der Waals surface area contributed by atoms with Crippen molar-refractivity contribution < 1.29 is 0 Å². The van der Waals surface area contributed by atoms with Gasteiger partial charge in [-0.15, -0.1) is 16.7 Å². The van der Waals surface area contributed by atoms with Gasteiger partial charge in [0.25, 0.3) is 0 Å². The Morgan fingerprint density at radius 2 is 2.24 bits per heavy atom. The lowest BCUT2D eigenvalue weighted by molar-refractivity contribution is 0.588. The molecule has 1 atom stereocenters. The van der Waals surface area contributed by atoms with Crippen molar-refractivity contribution in [3.63, 3.8) is 0 Å². The molecule has 2 heterocycles. The van der Waals surface area contributed by atoms with Gasteiger partial charge in [-0.2, -0.15) is 5.10 Å². The molecule has 2 rings (SSSR count). The lowest BCUT2D eigenvalue weighted by Crippen LogP contribution is -2.01. The van der Waals surface area contributed by atoms with Crippen molar-refractivity contribution in [2.75, 3.05) is 0 Å². The molecule has 5 nitrogen and oxygen atoms in total. The molecular formula is C11H16ClN5. The van der Waals surface area contributed by atoms with Gasteiger partial charge in [0.2, 0.25) is 0 Å². The minimum absolute atomic E-state index is 0.0397. The van der Waals surface area contributed by atoms with Crippen LogP contribution in [0.5, 0.6) is 0 Å². The van der Waals surface area contributed by atoms with Crippen LogP contribution < -0.4 is 0 Å². The summed E-state index contributed by atoms with van der Waals surface area (Å²) >= 11 is 6.10. The Hall–Kier alpha value is -1.36. The maximum Gasteiger partial charge on any atom is 0.100 e. The highest BCUT2D eigenvalue weighted by Crippen LogP contribution is 2.20. The van der Waals surface area contributed by atoms with Crippen LogP contribution in [0, 0.1) is 0 Å². The predicted molar refractivity (Wildman–Crippen MR) is 65.8 cm³/mol. The van der Waals surface area contributed by atoms with Crippen molar-refractivity contribution in [2.24, 2.45) is 7.05 Å². The molecule has 0 aliphatic rings. The lowest BCUT2D eigenvalue weighted by atomic mass is 10.2. The van der Waals surface area contributed by atoms with Gasteiger partial charge < -0.3 is 0 Å². The van der Waals surface area contributed by atoms with Crippen LogP contribution in [-0.4, -0.2) is 24.8 Å². The lowest BCUT2D eigenvalue weighted by Gasteiger charge is -1.99. The van der Waals surface area contributed by atoms with Crippen LogP contribution in [0.3, 0.4) is 0 Å². The van der Waals surface area contributed by atoms with Crippen LogP contribution in [0.2, 0.25) is 0 Å². The molecule has 0 spiro atoms. The number of hydrogen-bond donors (Lipinski definition) is 0. The van der Waals surface area contributed by atoms with E-state index in [4.69, 9.17) is 11.6 Å². The quantitative estimate of drug-likeness (QED) is 0.766. The molecule has 1 unspecified atom stereocenters. The molecule has 0 radical (unpaired) electrons. The highest BCUT2D eigenvalue weighted by molar-refractivity contribution is 6.20. The van der Waals surface area contributed by atoms with Crippen molar-refractivity contribution in [3.8, 4) is 0 Å². The molecule has 17 heavy (non-hydrogen) atoms. The van der Waals surface area contributed by atoms with Crippen LogP contribution in [0.15, 0.2) is 18.6 Å². The van der Waals surface area contributed by atoms with E-state index in [0.29, 0.717) is 0 Å². The fraction of sp³-hybridized carbons (Fsp3) is 0.545. The monoisotopic (exact) mass is 253 g/mol. The first kappa shape index (κ1) is 12.1. The van der Waals surface area contributed by atoms with Crippen molar-refractivity contribution in [1.82, 2.24) is 24.8 Å². The van der Waals surface area contributed by atoms with E-state index in [-0.39, 0.29) is 5.38 Å². The standard InChI is InChI=1S/C11H16ClN5/c1-3-10(12)11-8-17(15-14-11)5-4-9-6-13-16(2)7-9/h6-8,10H,3-5H2,1-2H3. The van der Waals surface area contributed by atoms with Gasteiger partial charge in [-0.05, 0) is 18.4 Å². The van der Waals surface area contributed by atoms with Gasteiger partial charge in [-0.25, -0.2) is 0 Å². The van der Waals surface area contributed by atoms with Gasteiger partial charge in [0, 0.05) is 26.0 Å². The average Bonchev–Trinajstić information content (AvgIpc) is 2.94. The van der Waals surface area contributed by atoms with E-state index in [0.717, 1.165) is 25.1 Å². The van der Waals surface area contributed by atoms with Crippen molar-refractivity contribution in [2.45, 2.75) is 31.7 Å². The predicted octanol–water partition coefficient (Wildman–Crippen LogP) is 1.94. The second kappa shape index (κ2) is 5.31. The Balaban J connectivity index is 1.93. The Kier molecular flexibility index (Phi) is 3.78. The smallest absolute Gasteiger partial charge is 0.100 e.